The number of pyridine rings is 1. The van der Waals surface area contributed by atoms with Crippen LogP contribution in [0, 0.1) is 0 Å². The van der Waals surface area contributed by atoms with Gasteiger partial charge in [0.1, 0.15) is 0 Å². The van der Waals surface area contributed by atoms with E-state index in [4.69, 9.17) is 0 Å². The van der Waals surface area contributed by atoms with Gasteiger partial charge in [-0.05, 0) is 23.6 Å². The maximum Gasteiger partial charge on any atom is 0.0517 e. The number of aromatic nitrogens is 2. The van der Waals surface area contributed by atoms with Crippen LogP contribution in [-0.2, 0) is 13.0 Å². The molecule has 0 unspecified atom stereocenters. The molecule has 0 spiro atoms. The van der Waals surface area contributed by atoms with Crippen molar-refractivity contribution in [1.29, 1.82) is 0 Å². The zero-order valence-electron chi connectivity index (χ0n) is 10.5. The summed E-state index contributed by atoms with van der Waals surface area (Å²) in [7, 11) is 0. The molecule has 18 heavy (non-hydrogen) atoms. The van der Waals surface area contributed by atoms with E-state index in [0.717, 1.165) is 13.0 Å². The molecule has 0 atom stereocenters. The van der Waals surface area contributed by atoms with E-state index in [0.29, 0.717) is 0 Å². The van der Waals surface area contributed by atoms with Gasteiger partial charge in [0.25, 0.3) is 0 Å². The Hall–Kier alpha value is -2.09. The Bertz CT molecular complexity index is 653. The predicted molar refractivity (Wildman–Crippen MR) is 74.7 cm³/mol. The molecule has 0 aliphatic rings. The quantitative estimate of drug-likeness (QED) is 0.678. The Morgan fingerprint density at radius 3 is 2.72 bits per heavy atom. The average molecular weight is 236 g/mol. The zero-order chi connectivity index (χ0) is 12.4. The molecule has 2 heterocycles. The molecule has 3 rings (SSSR count). The SMILES string of the molecule is CCc1cn(Cc2ccccc2)c2ccncc12. The van der Waals surface area contributed by atoms with Crippen molar-refractivity contribution < 1.29 is 0 Å². The van der Waals surface area contributed by atoms with Crippen LogP contribution in [0.2, 0.25) is 0 Å². The molecule has 0 N–H and O–H groups in total. The molecule has 0 bridgehead atoms. The molecule has 3 aromatic rings. The minimum Gasteiger partial charge on any atom is -0.343 e. The monoisotopic (exact) mass is 236 g/mol. The van der Waals surface area contributed by atoms with Gasteiger partial charge in [-0.1, -0.05) is 37.3 Å². The number of rotatable bonds is 3. The van der Waals surface area contributed by atoms with Crippen LogP contribution in [0.5, 0.6) is 0 Å². The first-order valence-corrected chi connectivity index (χ1v) is 6.34. The van der Waals surface area contributed by atoms with Gasteiger partial charge in [0, 0.05) is 30.5 Å². The number of hydrogen-bond acceptors (Lipinski definition) is 1. The molecule has 0 saturated heterocycles. The number of aryl methyl sites for hydroxylation is 1. The molecule has 0 aliphatic heterocycles. The second kappa shape index (κ2) is 4.65. The molecular formula is C16H16N2. The summed E-state index contributed by atoms with van der Waals surface area (Å²) in [6.07, 6.45) is 7.13. The molecular weight excluding hydrogens is 220 g/mol. The Morgan fingerprint density at radius 1 is 1.11 bits per heavy atom. The Kier molecular flexibility index (Phi) is 2.85. The van der Waals surface area contributed by atoms with Crippen LogP contribution in [0.25, 0.3) is 10.9 Å². The second-order valence-electron chi connectivity index (χ2n) is 4.51. The van der Waals surface area contributed by atoms with E-state index < -0.39 is 0 Å². The molecule has 0 aliphatic carbocycles. The summed E-state index contributed by atoms with van der Waals surface area (Å²) >= 11 is 0. The van der Waals surface area contributed by atoms with Crippen LogP contribution < -0.4 is 0 Å². The third-order valence-electron chi connectivity index (χ3n) is 3.34. The van der Waals surface area contributed by atoms with Gasteiger partial charge < -0.3 is 4.57 Å². The normalized spacial score (nSPS) is 10.9. The summed E-state index contributed by atoms with van der Waals surface area (Å²) in [6.45, 7) is 3.11. The van der Waals surface area contributed by atoms with Crippen molar-refractivity contribution >= 4 is 10.9 Å². The van der Waals surface area contributed by atoms with Gasteiger partial charge >= 0.3 is 0 Å². The summed E-state index contributed by atoms with van der Waals surface area (Å²) in [5.74, 6) is 0. The van der Waals surface area contributed by atoms with Crippen LogP contribution in [0.3, 0.4) is 0 Å². The van der Waals surface area contributed by atoms with E-state index >= 15 is 0 Å². The molecule has 0 fully saturated rings. The predicted octanol–water partition coefficient (Wildman–Crippen LogP) is 3.65. The van der Waals surface area contributed by atoms with E-state index in [1.54, 1.807) is 0 Å². The highest BCUT2D eigenvalue weighted by atomic mass is 15.0. The van der Waals surface area contributed by atoms with Crippen LogP contribution in [-0.4, -0.2) is 9.55 Å². The van der Waals surface area contributed by atoms with Crippen molar-refractivity contribution in [3.63, 3.8) is 0 Å². The highest BCUT2D eigenvalue weighted by Crippen LogP contribution is 2.21. The topological polar surface area (TPSA) is 17.8 Å². The third kappa shape index (κ3) is 1.90. The van der Waals surface area contributed by atoms with Gasteiger partial charge in [-0.3, -0.25) is 4.98 Å². The number of hydrogen-bond donors (Lipinski definition) is 0. The van der Waals surface area contributed by atoms with E-state index in [1.165, 1.54) is 22.0 Å². The van der Waals surface area contributed by atoms with Crippen molar-refractivity contribution in [2.24, 2.45) is 0 Å². The fourth-order valence-electron chi connectivity index (χ4n) is 2.40. The number of fused-ring (bicyclic) bond motifs is 1. The van der Waals surface area contributed by atoms with E-state index in [1.807, 2.05) is 12.4 Å². The first-order valence-electron chi connectivity index (χ1n) is 6.34. The summed E-state index contributed by atoms with van der Waals surface area (Å²) in [5, 5.41) is 1.27. The van der Waals surface area contributed by atoms with Gasteiger partial charge in [0.2, 0.25) is 0 Å². The highest BCUT2D eigenvalue weighted by Gasteiger charge is 2.06. The van der Waals surface area contributed by atoms with Crippen molar-refractivity contribution in [3.05, 3.63) is 66.1 Å². The van der Waals surface area contributed by atoms with Gasteiger partial charge in [-0.15, -0.1) is 0 Å². The molecule has 2 aromatic heterocycles. The average Bonchev–Trinajstić information content (AvgIpc) is 2.78. The minimum atomic E-state index is 0.918. The molecule has 0 radical (unpaired) electrons. The number of benzene rings is 1. The Labute approximate surface area is 107 Å². The van der Waals surface area contributed by atoms with Crippen molar-refractivity contribution in [3.8, 4) is 0 Å². The summed E-state index contributed by atoms with van der Waals surface area (Å²) in [4.78, 5) is 4.23. The van der Waals surface area contributed by atoms with Crippen molar-refractivity contribution in [1.82, 2.24) is 9.55 Å². The van der Waals surface area contributed by atoms with Crippen molar-refractivity contribution in [2.75, 3.05) is 0 Å². The third-order valence-corrected chi connectivity index (χ3v) is 3.34. The van der Waals surface area contributed by atoms with Gasteiger partial charge in [-0.2, -0.15) is 0 Å². The van der Waals surface area contributed by atoms with Gasteiger partial charge in [0.15, 0.2) is 0 Å². The molecule has 2 heteroatoms. The van der Waals surface area contributed by atoms with Crippen LogP contribution in [0.1, 0.15) is 18.1 Å². The minimum absolute atomic E-state index is 0.918. The molecule has 90 valence electrons. The van der Waals surface area contributed by atoms with Crippen LogP contribution in [0.4, 0.5) is 0 Å². The Balaban J connectivity index is 2.07. The van der Waals surface area contributed by atoms with Crippen molar-refractivity contribution in [2.45, 2.75) is 19.9 Å². The largest absolute Gasteiger partial charge is 0.343 e. The fourth-order valence-corrected chi connectivity index (χ4v) is 2.40. The van der Waals surface area contributed by atoms with E-state index in [-0.39, 0.29) is 0 Å². The standard InChI is InChI=1S/C16H16N2/c1-2-14-12-18(11-13-6-4-3-5-7-13)16-8-9-17-10-15(14)16/h3-10,12H,2,11H2,1H3. The maximum absolute atomic E-state index is 4.23. The maximum atomic E-state index is 4.23. The molecule has 2 nitrogen and oxygen atoms in total. The van der Waals surface area contributed by atoms with Gasteiger partial charge in [-0.25, -0.2) is 0 Å². The van der Waals surface area contributed by atoms with E-state index in [2.05, 4.69) is 59.1 Å². The summed E-state index contributed by atoms with van der Waals surface area (Å²) in [6, 6.07) is 12.7. The molecule has 0 amide bonds. The highest BCUT2D eigenvalue weighted by molar-refractivity contribution is 5.83. The van der Waals surface area contributed by atoms with Crippen LogP contribution >= 0.6 is 0 Å². The summed E-state index contributed by atoms with van der Waals surface area (Å²) in [5.41, 5.74) is 3.97. The Morgan fingerprint density at radius 2 is 1.94 bits per heavy atom. The lowest BCUT2D eigenvalue weighted by Crippen LogP contribution is -1.97. The molecule has 1 aromatic carbocycles. The zero-order valence-corrected chi connectivity index (χ0v) is 10.5. The van der Waals surface area contributed by atoms with E-state index in [9.17, 15) is 0 Å². The van der Waals surface area contributed by atoms with Crippen LogP contribution in [0.15, 0.2) is 55.0 Å². The first-order chi connectivity index (χ1) is 8.88. The first kappa shape index (κ1) is 11.0. The summed E-state index contributed by atoms with van der Waals surface area (Å²) < 4.78 is 2.31. The lowest BCUT2D eigenvalue weighted by atomic mass is 10.2. The lowest BCUT2D eigenvalue weighted by Gasteiger charge is -2.04. The molecule has 0 saturated carbocycles. The fraction of sp³-hybridized carbons (Fsp3) is 0.188. The number of nitrogens with zero attached hydrogens (tertiary/aromatic N) is 2. The second-order valence-corrected chi connectivity index (χ2v) is 4.51. The lowest BCUT2D eigenvalue weighted by molar-refractivity contribution is 0.830. The smallest absolute Gasteiger partial charge is 0.0517 e. The van der Waals surface area contributed by atoms with Gasteiger partial charge in [0.05, 0.1) is 5.52 Å².